The van der Waals surface area contributed by atoms with Crippen LogP contribution in [0.4, 0.5) is 51.2 Å². The molecule has 49 heavy (non-hydrogen) atoms. The Morgan fingerprint density at radius 3 is 1.33 bits per heavy atom. The van der Waals surface area contributed by atoms with E-state index in [4.69, 9.17) is 0 Å². The minimum absolute atomic E-state index is 0.265. The molecule has 3 aliphatic heterocycles. The molecule has 0 saturated carbocycles. The normalized spacial score (nSPS) is 13.6. The van der Waals surface area contributed by atoms with Gasteiger partial charge in [-0.1, -0.05) is 73.3 Å². The van der Waals surface area contributed by atoms with Crippen molar-refractivity contribution >= 4 is 101 Å². The molecular formula is C40H26Br2N4O3. The quantitative estimate of drug-likeness (QED) is 0.132. The fourth-order valence-electron chi connectivity index (χ4n) is 6.72. The van der Waals surface area contributed by atoms with Crippen molar-refractivity contribution in [2.24, 2.45) is 0 Å². The van der Waals surface area contributed by atoms with Gasteiger partial charge in [0.15, 0.2) is 0 Å². The lowest BCUT2D eigenvalue weighted by molar-refractivity contribution is -0.114. The summed E-state index contributed by atoms with van der Waals surface area (Å²) in [5, 5.41) is 0. The van der Waals surface area contributed by atoms with Crippen LogP contribution in [0.25, 0.3) is 0 Å². The summed E-state index contributed by atoms with van der Waals surface area (Å²) in [6.45, 7) is 6.01. The topological polar surface area (TPSA) is 64.2 Å². The highest BCUT2D eigenvalue weighted by atomic mass is 79.9. The molecule has 3 heterocycles. The summed E-state index contributed by atoms with van der Waals surface area (Å²) in [6, 6.07) is 31.5. The molecule has 0 aromatic heterocycles. The van der Waals surface area contributed by atoms with Gasteiger partial charge in [-0.2, -0.15) is 0 Å². The van der Waals surface area contributed by atoms with Crippen LogP contribution in [0.2, 0.25) is 0 Å². The SMILES string of the molecule is C=C(/C=C\C=C/C)C(=O)N1c2cccc3c2N2c4c1cccc4N(C(=O)c1ccccc1Br)c1cccc(c12)N3C(=O)c1ccccc1Br. The second kappa shape index (κ2) is 11.9. The molecule has 0 spiro atoms. The third-order valence-corrected chi connectivity index (χ3v) is 10.2. The number of carbonyl (C=O) groups excluding carboxylic acids is 3. The summed E-state index contributed by atoms with van der Waals surface area (Å²) in [5.41, 5.74) is 6.74. The minimum atomic E-state index is -0.334. The summed E-state index contributed by atoms with van der Waals surface area (Å²) in [5.74, 6) is -0.864. The van der Waals surface area contributed by atoms with Crippen LogP contribution in [-0.4, -0.2) is 17.7 Å². The van der Waals surface area contributed by atoms with Gasteiger partial charge in [-0.3, -0.25) is 34.0 Å². The van der Waals surface area contributed by atoms with Crippen LogP contribution in [0.5, 0.6) is 0 Å². The first-order chi connectivity index (χ1) is 23.8. The zero-order chi connectivity index (χ0) is 34.0. The van der Waals surface area contributed by atoms with E-state index >= 15 is 0 Å². The largest absolute Gasteiger partial charge is 0.299 e. The zero-order valence-corrected chi connectivity index (χ0v) is 29.3. The standard InChI is InChI=1S/C40H26Br2N4O3/c1-3-4-5-13-24(2)38(47)43-29-18-10-20-31-35(29)46-36-30(43)19-11-21-32(36)45(40(49)26-15-7-9-17-28(26)42)34-23-12-22-33(37(34)46)44(31)39(48)25-14-6-8-16-27(25)41/h3-23H,2H2,1H3/b4-3-,13-5-. The number of carbonyl (C=O) groups is 3. The van der Waals surface area contributed by atoms with Crippen molar-refractivity contribution in [1.29, 1.82) is 0 Å². The first-order valence-corrected chi connectivity index (χ1v) is 17.1. The molecule has 8 rings (SSSR count). The fourth-order valence-corrected chi connectivity index (χ4v) is 7.63. The molecule has 0 N–H and O–H groups in total. The molecule has 0 aliphatic carbocycles. The van der Waals surface area contributed by atoms with Gasteiger partial charge in [-0.05, 0) is 99.4 Å². The van der Waals surface area contributed by atoms with Crippen LogP contribution in [-0.2, 0) is 4.79 Å². The summed E-state index contributed by atoms with van der Waals surface area (Å²) >= 11 is 7.16. The maximum absolute atomic E-state index is 14.7. The van der Waals surface area contributed by atoms with Crippen molar-refractivity contribution < 1.29 is 14.4 Å². The number of nitrogens with zero attached hydrogens (tertiary/aromatic N) is 4. The van der Waals surface area contributed by atoms with E-state index in [1.54, 1.807) is 39.0 Å². The Labute approximate surface area is 299 Å². The molecule has 3 aliphatic rings. The molecular weight excluding hydrogens is 744 g/mol. The van der Waals surface area contributed by atoms with E-state index in [-0.39, 0.29) is 23.3 Å². The van der Waals surface area contributed by atoms with Crippen LogP contribution in [0.1, 0.15) is 27.6 Å². The molecule has 0 unspecified atom stereocenters. The molecule has 0 saturated heterocycles. The highest BCUT2D eigenvalue weighted by molar-refractivity contribution is 9.10. The van der Waals surface area contributed by atoms with Crippen molar-refractivity contribution in [2.75, 3.05) is 19.6 Å². The van der Waals surface area contributed by atoms with E-state index in [0.717, 1.165) is 0 Å². The van der Waals surface area contributed by atoms with Crippen molar-refractivity contribution in [3.05, 3.63) is 160 Å². The molecule has 5 aromatic rings. The number of allylic oxidation sites excluding steroid dienone is 3. The molecule has 0 atom stereocenters. The van der Waals surface area contributed by atoms with Crippen LogP contribution >= 0.6 is 31.9 Å². The third kappa shape index (κ3) is 4.57. The molecule has 9 heteroatoms. The molecule has 7 nitrogen and oxygen atoms in total. The Morgan fingerprint density at radius 1 is 0.551 bits per heavy atom. The third-order valence-electron chi connectivity index (χ3n) is 8.79. The van der Waals surface area contributed by atoms with Gasteiger partial charge in [0.1, 0.15) is 0 Å². The number of anilines is 9. The zero-order valence-electron chi connectivity index (χ0n) is 26.1. The second-order valence-electron chi connectivity index (χ2n) is 11.6. The van der Waals surface area contributed by atoms with Gasteiger partial charge in [0, 0.05) is 14.5 Å². The summed E-state index contributed by atoms with van der Waals surface area (Å²) in [4.78, 5) is 50.9. The van der Waals surface area contributed by atoms with E-state index in [0.29, 0.717) is 71.3 Å². The van der Waals surface area contributed by atoms with Gasteiger partial charge in [-0.25, -0.2) is 0 Å². The predicted molar refractivity (Wildman–Crippen MR) is 203 cm³/mol. The van der Waals surface area contributed by atoms with E-state index < -0.39 is 0 Å². The summed E-state index contributed by atoms with van der Waals surface area (Å²) in [7, 11) is 0. The highest BCUT2D eigenvalue weighted by Crippen LogP contribution is 2.67. The molecule has 238 valence electrons. The predicted octanol–water partition coefficient (Wildman–Crippen LogP) is 10.9. The van der Waals surface area contributed by atoms with Crippen molar-refractivity contribution in [1.82, 2.24) is 0 Å². The number of halogens is 2. The number of amides is 3. The molecule has 0 fully saturated rings. The van der Waals surface area contributed by atoms with E-state index in [1.807, 2.05) is 110 Å². The van der Waals surface area contributed by atoms with Crippen LogP contribution < -0.4 is 19.6 Å². The summed E-state index contributed by atoms with van der Waals surface area (Å²) < 4.78 is 1.30. The molecule has 5 aromatic carbocycles. The fraction of sp³-hybridized carbons (Fsp3) is 0.0250. The Morgan fingerprint density at radius 2 is 0.939 bits per heavy atom. The Kier molecular flexibility index (Phi) is 7.46. The van der Waals surface area contributed by atoms with Crippen LogP contribution in [0, 0.1) is 0 Å². The lowest BCUT2D eigenvalue weighted by Crippen LogP contribution is -2.42. The first-order valence-electron chi connectivity index (χ1n) is 15.5. The van der Waals surface area contributed by atoms with E-state index in [2.05, 4.69) is 43.3 Å². The number of rotatable bonds is 5. The lowest BCUT2D eigenvalue weighted by Gasteiger charge is -2.50. The van der Waals surface area contributed by atoms with Crippen LogP contribution in [0.3, 0.4) is 0 Å². The average Bonchev–Trinajstić information content (AvgIpc) is 3.11. The van der Waals surface area contributed by atoms with Crippen molar-refractivity contribution in [3.63, 3.8) is 0 Å². The van der Waals surface area contributed by atoms with Gasteiger partial charge in [0.25, 0.3) is 17.7 Å². The molecule has 0 radical (unpaired) electrons. The smallest absolute Gasteiger partial charge is 0.264 e. The first kappa shape index (κ1) is 30.8. The highest BCUT2D eigenvalue weighted by Gasteiger charge is 2.48. The van der Waals surface area contributed by atoms with Gasteiger partial charge < -0.3 is 0 Å². The maximum atomic E-state index is 14.7. The number of hydrogen-bond donors (Lipinski definition) is 0. The van der Waals surface area contributed by atoms with Crippen molar-refractivity contribution in [2.45, 2.75) is 6.92 Å². The minimum Gasteiger partial charge on any atom is -0.299 e. The number of benzene rings is 5. The van der Waals surface area contributed by atoms with Crippen LogP contribution in [0.15, 0.2) is 149 Å². The van der Waals surface area contributed by atoms with E-state index in [9.17, 15) is 14.4 Å². The Bertz CT molecular complexity index is 2210. The van der Waals surface area contributed by atoms with Gasteiger partial charge in [-0.15, -0.1) is 0 Å². The molecule has 3 amide bonds. The van der Waals surface area contributed by atoms with Gasteiger partial charge in [0.05, 0.1) is 62.3 Å². The average molecular weight is 770 g/mol. The monoisotopic (exact) mass is 768 g/mol. The Balaban J connectivity index is 1.44. The molecule has 0 bridgehead atoms. The van der Waals surface area contributed by atoms with Gasteiger partial charge in [0.2, 0.25) is 0 Å². The van der Waals surface area contributed by atoms with Gasteiger partial charge >= 0.3 is 0 Å². The number of para-hydroxylation sites is 3. The summed E-state index contributed by atoms with van der Waals surface area (Å²) in [6.07, 6.45) is 7.16. The number of hydrogen-bond acceptors (Lipinski definition) is 4. The Hall–Kier alpha value is -5.51. The lowest BCUT2D eigenvalue weighted by atomic mass is 9.94. The maximum Gasteiger partial charge on any atom is 0.264 e. The second-order valence-corrected chi connectivity index (χ2v) is 13.3. The van der Waals surface area contributed by atoms with E-state index in [1.165, 1.54) is 0 Å². The van der Waals surface area contributed by atoms with Crippen molar-refractivity contribution in [3.8, 4) is 0 Å².